The van der Waals surface area contributed by atoms with Crippen LogP contribution in [0.15, 0.2) is 42.5 Å². The molecule has 1 aromatic heterocycles. The van der Waals surface area contributed by atoms with Gasteiger partial charge < -0.3 is 14.4 Å². The Kier molecular flexibility index (Phi) is 6.73. The first-order chi connectivity index (χ1) is 15.0. The highest BCUT2D eigenvalue weighted by Gasteiger charge is 2.25. The molecule has 1 aliphatic rings. The summed E-state index contributed by atoms with van der Waals surface area (Å²) in [6.45, 7) is 1.24. The minimum absolute atomic E-state index is 0.00726. The molecule has 2 heterocycles. The smallest absolute Gasteiger partial charge is 0.274 e. The molecular weight excluding hydrogens is 436 g/mol. The van der Waals surface area contributed by atoms with Crippen molar-refractivity contribution in [3.05, 3.63) is 53.1 Å². The Labute approximate surface area is 189 Å². The SMILES string of the molecule is COc1ccc2nc(OC3CCN(C(=O)CCC(=O)c4ccc(Cl)cc4)CC3)sc2c1. The number of carbonyl (C=O) groups excluding carboxylic acids is 2. The van der Waals surface area contributed by atoms with Crippen LogP contribution in [-0.4, -0.2) is 47.9 Å². The van der Waals surface area contributed by atoms with Gasteiger partial charge in [0.2, 0.25) is 5.91 Å². The maximum atomic E-state index is 12.5. The molecule has 1 saturated heterocycles. The molecule has 1 fully saturated rings. The van der Waals surface area contributed by atoms with Crippen LogP contribution in [0.2, 0.25) is 5.02 Å². The number of ether oxygens (including phenoxy) is 2. The molecule has 0 N–H and O–H groups in total. The Morgan fingerprint density at radius 1 is 1.13 bits per heavy atom. The summed E-state index contributed by atoms with van der Waals surface area (Å²) < 4.78 is 12.3. The van der Waals surface area contributed by atoms with Gasteiger partial charge >= 0.3 is 0 Å². The van der Waals surface area contributed by atoms with E-state index in [-0.39, 0.29) is 30.6 Å². The molecule has 0 bridgehead atoms. The Balaban J connectivity index is 1.25. The Hall–Kier alpha value is -2.64. The van der Waals surface area contributed by atoms with Crippen LogP contribution in [0.5, 0.6) is 10.9 Å². The molecule has 0 unspecified atom stereocenters. The highest BCUT2D eigenvalue weighted by molar-refractivity contribution is 7.20. The van der Waals surface area contributed by atoms with Crippen molar-refractivity contribution in [2.45, 2.75) is 31.8 Å². The molecule has 2 aromatic carbocycles. The molecule has 3 aromatic rings. The van der Waals surface area contributed by atoms with Gasteiger partial charge in [0.15, 0.2) is 5.78 Å². The molecule has 1 amide bonds. The summed E-state index contributed by atoms with van der Waals surface area (Å²) in [5.74, 6) is 0.757. The van der Waals surface area contributed by atoms with Crippen molar-refractivity contribution >= 4 is 44.8 Å². The number of hydrogen-bond donors (Lipinski definition) is 0. The monoisotopic (exact) mass is 458 g/mol. The normalized spacial score (nSPS) is 14.6. The van der Waals surface area contributed by atoms with Gasteiger partial charge in [0, 0.05) is 49.4 Å². The number of methoxy groups -OCH3 is 1. The average molecular weight is 459 g/mol. The summed E-state index contributed by atoms with van der Waals surface area (Å²) in [6, 6.07) is 12.5. The Morgan fingerprint density at radius 2 is 1.87 bits per heavy atom. The fourth-order valence-electron chi connectivity index (χ4n) is 3.59. The molecule has 0 atom stereocenters. The molecule has 0 aliphatic carbocycles. The lowest BCUT2D eigenvalue weighted by atomic mass is 10.0. The van der Waals surface area contributed by atoms with Crippen LogP contribution in [0.25, 0.3) is 10.2 Å². The van der Waals surface area contributed by atoms with Crippen molar-refractivity contribution in [2.75, 3.05) is 20.2 Å². The molecule has 0 saturated carbocycles. The first-order valence-electron chi connectivity index (χ1n) is 10.2. The van der Waals surface area contributed by atoms with Gasteiger partial charge in [-0.2, -0.15) is 0 Å². The average Bonchev–Trinajstić information content (AvgIpc) is 3.19. The van der Waals surface area contributed by atoms with Crippen molar-refractivity contribution in [1.29, 1.82) is 0 Å². The van der Waals surface area contributed by atoms with Crippen LogP contribution in [0.1, 0.15) is 36.0 Å². The number of benzene rings is 2. The van der Waals surface area contributed by atoms with Crippen LogP contribution in [0.3, 0.4) is 0 Å². The number of amides is 1. The van der Waals surface area contributed by atoms with E-state index in [1.807, 2.05) is 23.1 Å². The molecule has 4 rings (SSSR count). The van der Waals surface area contributed by atoms with Gasteiger partial charge in [0.05, 0.1) is 17.3 Å². The largest absolute Gasteiger partial charge is 0.497 e. The maximum absolute atomic E-state index is 12.5. The van der Waals surface area contributed by atoms with Gasteiger partial charge in [-0.15, -0.1) is 0 Å². The number of hydrogen-bond acceptors (Lipinski definition) is 6. The molecule has 6 nitrogen and oxygen atoms in total. The Morgan fingerprint density at radius 3 is 2.58 bits per heavy atom. The number of ketones is 1. The molecular formula is C23H23ClN2O4S. The number of rotatable bonds is 7. The minimum atomic E-state index is -0.0456. The number of fused-ring (bicyclic) bond motifs is 1. The molecule has 0 radical (unpaired) electrons. The third kappa shape index (κ3) is 5.35. The van der Waals surface area contributed by atoms with Gasteiger partial charge in [0.25, 0.3) is 5.19 Å². The number of carbonyl (C=O) groups is 2. The van der Waals surface area contributed by atoms with E-state index in [0.29, 0.717) is 28.9 Å². The summed E-state index contributed by atoms with van der Waals surface area (Å²) in [4.78, 5) is 31.1. The van der Waals surface area contributed by atoms with Crippen molar-refractivity contribution in [1.82, 2.24) is 9.88 Å². The van der Waals surface area contributed by atoms with Gasteiger partial charge in [-0.1, -0.05) is 22.9 Å². The quantitative estimate of drug-likeness (QED) is 0.466. The molecule has 1 aliphatic heterocycles. The van der Waals surface area contributed by atoms with E-state index in [1.165, 1.54) is 11.3 Å². The number of nitrogens with zero attached hydrogens (tertiary/aromatic N) is 2. The second-order valence-electron chi connectivity index (χ2n) is 7.44. The standard InChI is InChI=1S/C23H23ClN2O4S/c1-29-18-6-7-19-21(14-18)31-23(25-19)30-17-10-12-26(13-11-17)22(28)9-8-20(27)15-2-4-16(24)5-3-15/h2-7,14,17H,8-13H2,1H3. The molecule has 8 heteroatoms. The first-order valence-corrected chi connectivity index (χ1v) is 11.4. The van der Waals surface area contributed by atoms with Crippen LogP contribution in [0.4, 0.5) is 0 Å². The lowest BCUT2D eigenvalue weighted by Gasteiger charge is -2.31. The lowest BCUT2D eigenvalue weighted by Crippen LogP contribution is -2.41. The predicted molar refractivity (Wildman–Crippen MR) is 121 cm³/mol. The fraction of sp³-hybridized carbons (Fsp3) is 0.348. The van der Waals surface area contributed by atoms with Crippen molar-refractivity contribution in [3.63, 3.8) is 0 Å². The number of Topliss-reactive ketones (excluding diaryl/α,β-unsaturated/α-hetero) is 1. The third-order valence-corrected chi connectivity index (χ3v) is 6.53. The fourth-order valence-corrected chi connectivity index (χ4v) is 4.62. The van der Waals surface area contributed by atoms with Crippen LogP contribution in [-0.2, 0) is 4.79 Å². The lowest BCUT2D eigenvalue weighted by molar-refractivity contribution is -0.132. The highest BCUT2D eigenvalue weighted by atomic mass is 35.5. The summed E-state index contributed by atoms with van der Waals surface area (Å²) in [6.07, 6.45) is 1.94. The van der Waals surface area contributed by atoms with E-state index >= 15 is 0 Å². The second-order valence-corrected chi connectivity index (χ2v) is 8.87. The van der Waals surface area contributed by atoms with E-state index in [4.69, 9.17) is 21.1 Å². The zero-order valence-electron chi connectivity index (χ0n) is 17.2. The van der Waals surface area contributed by atoms with Gasteiger partial charge in [-0.3, -0.25) is 9.59 Å². The minimum Gasteiger partial charge on any atom is -0.497 e. The zero-order valence-corrected chi connectivity index (χ0v) is 18.7. The van der Waals surface area contributed by atoms with E-state index in [9.17, 15) is 9.59 Å². The van der Waals surface area contributed by atoms with E-state index in [2.05, 4.69) is 4.98 Å². The highest BCUT2D eigenvalue weighted by Crippen LogP contribution is 2.32. The molecule has 162 valence electrons. The third-order valence-electron chi connectivity index (χ3n) is 5.37. The second kappa shape index (κ2) is 9.66. The number of halogens is 1. The van der Waals surface area contributed by atoms with Crippen molar-refractivity contribution in [2.24, 2.45) is 0 Å². The topological polar surface area (TPSA) is 68.7 Å². The Bertz CT molecular complexity index is 1070. The van der Waals surface area contributed by atoms with Gasteiger partial charge in [-0.05, 0) is 42.5 Å². The summed E-state index contributed by atoms with van der Waals surface area (Å²) in [5.41, 5.74) is 1.47. The van der Waals surface area contributed by atoms with Crippen molar-refractivity contribution < 1.29 is 19.1 Å². The van der Waals surface area contributed by atoms with Crippen LogP contribution < -0.4 is 9.47 Å². The summed E-state index contributed by atoms with van der Waals surface area (Å²) in [5, 5.41) is 1.23. The number of aromatic nitrogens is 1. The van der Waals surface area contributed by atoms with Crippen LogP contribution in [0, 0.1) is 0 Å². The predicted octanol–water partition coefficient (Wildman–Crippen LogP) is 4.99. The molecule has 0 spiro atoms. The van der Waals surface area contributed by atoms with E-state index in [1.54, 1.807) is 31.4 Å². The number of thiazole rings is 1. The van der Waals surface area contributed by atoms with E-state index in [0.717, 1.165) is 28.8 Å². The van der Waals surface area contributed by atoms with E-state index < -0.39 is 0 Å². The maximum Gasteiger partial charge on any atom is 0.274 e. The van der Waals surface area contributed by atoms with Crippen LogP contribution >= 0.6 is 22.9 Å². The first kappa shape index (κ1) is 21.6. The zero-order chi connectivity index (χ0) is 21.8. The van der Waals surface area contributed by atoms with Gasteiger partial charge in [0.1, 0.15) is 11.9 Å². The molecule has 31 heavy (non-hydrogen) atoms. The van der Waals surface area contributed by atoms with Crippen molar-refractivity contribution in [3.8, 4) is 10.9 Å². The number of likely N-dealkylation sites (tertiary alicyclic amines) is 1. The van der Waals surface area contributed by atoms with Gasteiger partial charge in [-0.25, -0.2) is 4.98 Å². The number of piperidine rings is 1. The summed E-state index contributed by atoms with van der Waals surface area (Å²) in [7, 11) is 1.64. The summed E-state index contributed by atoms with van der Waals surface area (Å²) >= 11 is 7.35.